The quantitative estimate of drug-likeness (QED) is 0.342. The van der Waals surface area contributed by atoms with Crippen LogP contribution in [0.4, 0.5) is 5.95 Å². The summed E-state index contributed by atoms with van der Waals surface area (Å²) < 4.78 is 5.09. The Morgan fingerprint density at radius 1 is 1.13 bits per heavy atom. The Balaban J connectivity index is 0.000000402. The first kappa shape index (κ1) is 34.3. The van der Waals surface area contributed by atoms with E-state index >= 15 is 0 Å². The van der Waals surface area contributed by atoms with Crippen molar-refractivity contribution in [1.82, 2.24) is 19.8 Å². The molecule has 0 radical (unpaired) electrons. The van der Waals surface area contributed by atoms with Crippen molar-refractivity contribution >= 4 is 17.5 Å². The second-order valence-electron chi connectivity index (χ2n) is 9.30. The molecule has 1 aromatic heterocycles. The summed E-state index contributed by atoms with van der Waals surface area (Å²) in [6, 6.07) is 0.842. The molecule has 2 fully saturated rings. The van der Waals surface area contributed by atoms with E-state index in [9.17, 15) is 5.11 Å². The molecule has 8 heteroatoms. The third kappa shape index (κ3) is 12.4. The lowest BCUT2D eigenvalue weighted by molar-refractivity contribution is 0.112. The monoisotopic (exact) mass is 549 g/mol. The average molecular weight is 550 g/mol. The van der Waals surface area contributed by atoms with Gasteiger partial charge in [-0.1, -0.05) is 69.7 Å². The van der Waals surface area contributed by atoms with Crippen LogP contribution < -0.4 is 4.90 Å². The molecular formula is C30H52ClN5O2. The molecule has 38 heavy (non-hydrogen) atoms. The molecule has 1 aromatic rings. The van der Waals surface area contributed by atoms with E-state index in [1.165, 1.54) is 41.6 Å². The molecule has 216 valence electrons. The lowest BCUT2D eigenvalue weighted by Crippen LogP contribution is -2.52. The van der Waals surface area contributed by atoms with Crippen molar-refractivity contribution in [3.05, 3.63) is 53.9 Å². The van der Waals surface area contributed by atoms with Crippen LogP contribution in [0.1, 0.15) is 64.6 Å². The van der Waals surface area contributed by atoms with Crippen LogP contribution in [-0.4, -0.2) is 90.1 Å². The van der Waals surface area contributed by atoms with Crippen LogP contribution in [0.5, 0.6) is 0 Å². The normalized spacial score (nSPS) is 17.9. The number of hydrogen-bond acceptors (Lipinski definition) is 7. The van der Waals surface area contributed by atoms with Crippen LogP contribution in [0.25, 0.3) is 0 Å². The fraction of sp³-hybridized carbons (Fsp3) is 0.667. The van der Waals surface area contributed by atoms with Crippen LogP contribution in [-0.2, 0) is 17.6 Å². The Morgan fingerprint density at radius 3 is 2.32 bits per heavy atom. The van der Waals surface area contributed by atoms with E-state index in [2.05, 4.69) is 39.8 Å². The van der Waals surface area contributed by atoms with E-state index in [1.807, 2.05) is 27.0 Å². The third-order valence-corrected chi connectivity index (χ3v) is 7.06. The largest absolute Gasteiger partial charge is 0.381 e. The average Bonchev–Trinajstić information content (AvgIpc) is 3.15. The zero-order valence-electron chi connectivity index (χ0n) is 24.4. The summed E-state index contributed by atoms with van der Waals surface area (Å²) in [5, 5.41) is 9.33. The molecule has 3 aliphatic rings. The summed E-state index contributed by atoms with van der Waals surface area (Å²) in [4.78, 5) is 16.5. The first-order chi connectivity index (χ1) is 18.6. The van der Waals surface area contributed by atoms with Crippen molar-refractivity contribution in [1.29, 1.82) is 0 Å². The second-order valence-corrected chi connectivity index (χ2v) is 9.56. The SMILES string of the molecule is C=C(CC)COCC.C=C/C=C/Cl.CC.OCN1CCc2cnc(N3CCN(C4CCC4)CC3)nc2CC1. The third-order valence-electron chi connectivity index (χ3n) is 6.91. The molecule has 0 spiro atoms. The molecule has 1 N–H and O–H groups in total. The van der Waals surface area contributed by atoms with Crippen molar-refractivity contribution in [2.24, 2.45) is 0 Å². The van der Waals surface area contributed by atoms with Gasteiger partial charge in [-0.2, -0.15) is 0 Å². The highest BCUT2D eigenvalue weighted by atomic mass is 35.5. The van der Waals surface area contributed by atoms with Crippen molar-refractivity contribution in [3.8, 4) is 0 Å². The predicted molar refractivity (Wildman–Crippen MR) is 162 cm³/mol. The Labute approximate surface area is 237 Å². The zero-order valence-corrected chi connectivity index (χ0v) is 25.1. The highest BCUT2D eigenvalue weighted by Gasteiger charge is 2.28. The van der Waals surface area contributed by atoms with Gasteiger partial charge in [-0.3, -0.25) is 9.80 Å². The standard InChI is InChI=1S/C17H27N5O.C7H14O.C4H5Cl.C2H6/c23-13-20-6-4-14-12-18-17(19-16(14)5-7-20)22-10-8-21(9-11-22)15-2-1-3-15;1-4-7(3)6-8-5-2;1-2-3-4-5;1-2/h12,15,23H,1-11,13H2;3-6H2,1-2H3;2-4H,1H2;1-2H3/b;;4-3+;. The fourth-order valence-electron chi connectivity index (χ4n) is 4.24. The maximum atomic E-state index is 9.33. The lowest BCUT2D eigenvalue weighted by Gasteiger charge is -2.43. The summed E-state index contributed by atoms with van der Waals surface area (Å²) in [7, 11) is 0. The van der Waals surface area contributed by atoms with Crippen molar-refractivity contribution in [2.45, 2.75) is 72.3 Å². The van der Waals surface area contributed by atoms with E-state index in [4.69, 9.17) is 21.3 Å². The van der Waals surface area contributed by atoms with Gasteiger partial charge in [-0.15, -0.1) is 0 Å². The topological polar surface area (TPSA) is 65.0 Å². The van der Waals surface area contributed by atoms with Gasteiger partial charge in [0, 0.05) is 70.1 Å². The van der Waals surface area contributed by atoms with Gasteiger partial charge in [0.2, 0.25) is 5.95 Å². The summed E-state index contributed by atoms with van der Waals surface area (Å²) in [6.07, 6.45) is 12.3. The van der Waals surface area contributed by atoms with E-state index < -0.39 is 0 Å². The maximum Gasteiger partial charge on any atom is 0.225 e. The number of aliphatic hydroxyl groups excluding tert-OH is 1. The Hall–Kier alpha value is -1.77. The number of aromatic nitrogens is 2. The molecule has 1 saturated heterocycles. The summed E-state index contributed by atoms with van der Waals surface area (Å²) in [5.74, 6) is 0.898. The molecule has 4 rings (SSSR count). The molecule has 0 aromatic carbocycles. The molecule has 2 aliphatic heterocycles. The van der Waals surface area contributed by atoms with Gasteiger partial charge < -0.3 is 14.7 Å². The minimum absolute atomic E-state index is 0.136. The van der Waals surface area contributed by atoms with Crippen molar-refractivity contribution < 1.29 is 9.84 Å². The molecule has 0 bridgehead atoms. The van der Waals surface area contributed by atoms with Gasteiger partial charge in [-0.25, -0.2) is 9.97 Å². The molecule has 1 saturated carbocycles. The Morgan fingerprint density at radius 2 is 1.82 bits per heavy atom. The van der Waals surface area contributed by atoms with E-state index in [1.54, 1.807) is 12.2 Å². The van der Waals surface area contributed by atoms with Gasteiger partial charge in [0.15, 0.2) is 0 Å². The number of nitrogens with zero attached hydrogens (tertiary/aromatic N) is 5. The van der Waals surface area contributed by atoms with Crippen LogP contribution >= 0.6 is 11.6 Å². The Bertz CT molecular complexity index is 808. The number of anilines is 1. The number of allylic oxidation sites excluding steroid dienone is 2. The number of rotatable bonds is 8. The lowest BCUT2D eigenvalue weighted by atomic mass is 9.91. The maximum absolute atomic E-state index is 9.33. The van der Waals surface area contributed by atoms with Crippen molar-refractivity contribution in [2.75, 3.05) is 64.1 Å². The number of aliphatic hydroxyl groups is 1. The summed E-state index contributed by atoms with van der Waals surface area (Å²) >= 11 is 5.05. The van der Waals surface area contributed by atoms with Crippen molar-refractivity contribution in [3.63, 3.8) is 0 Å². The molecule has 1 aliphatic carbocycles. The number of piperazine rings is 1. The number of fused-ring (bicyclic) bond motifs is 1. The first-order valence-corrected chi connectivity index (χ1v) is 14.8. The van der Waals surface area contributed by atoms with E-state index in [-0.39, 0.29) is 6.73 Å². The molecule has 0 unspecified atom stereocenters. The second kappa shape index (κ2) is 21.1. The van der Waals surface area contributed by atoms with E-state index in [0.29, 0.717) is 0 Å². The van der Waals surface area contributed by atoms with E-state index in [0.717, 1.165) is 83.7 Å². The molecule has 0 amide bonds. The highest BCUT2D eigenvalue weighted by molar-refractivity contribution is 6.25. The summed E-state index contributed by atoms with van der Waals surface area (Å²) in [6.45, 7) is 23.0. The van der Waals surface area contributed by atoms with Gasteiger partial charge in [0.25, 0.3) is 0 Å². The zero-order chi connectivity index (χ0) is 28.2. The van der Waals surface area contributed by atoms with Gasteiger partial charge in [-0.05, 0) is 38.2 Å². The van der Waals surface area contributed by atoms with Crippen LogP contribution in [0, 0.1) is 0 Å². The number of hydrogen-bond donors (Lipinski definition) is 1. The minimum atomic E-state index is 0.136. The summed E-state index contributed by atoms with van der Waals surface area (Å²) in [5.41, 5.74) is 5.00. The highest BCUT2D eigenvalue weighted by Crippen LogP contribution is 2.26. The number of ether oxygens (including phenoxy) is 1. The van der Waals surface area contributed by atoms with Gasteiger partial charge in [0.05, 0.1) is 19.0 Å². The van der Waals surface area contributed by atoms with Crippen LogP contribution in [0.3, 0.4) is 0 Å². The molecular weight excluding hydrogens is 498 g/mol. The first-order valence-electron chi connectivity index (χ1n) is 14.3. The molecule has 0 atom stereocenters. The molecule has 3 heterocycles. The fourth-order valence-corrected chi connectivity index (χ4v) is 4.35. The van der Waals surface area contributed by atoms with Crippen LogP contribution in [0.2, 0.25) is 0 Å². The smallest absolute Gasteiger partial charge is 0.225 e. The molecule has 7 nitrogen and oxygen atoms in total. The predicted octanol–water partition coefficient (Wildman–Crippen LogP) is 5.44. The minimum Gasteiger partial charge on any atom is -0.381 e. The number of halogens is 1. The van der Waals surface area contributed by atoms with Gasteiger partial charge in [0.1, 0.15) is 0 Å². The Kier molecular flexibility index (Phi) is 19.0. The van der Waals surface area contributed by atoms with Crippen LogP contribution in [0.15, 0.2) is 42.6 Å². The van der Waals surface area contributed by atoms with Gasteiger partial charge >= 0.3 is 0 Å².